The van der Waals surface area contributed by atoms with Crippen LogP contribution in [0.2, 0.25) is 5.02 Å². The standard InChI is InChI=1S/C24H20ClN7O4/c1-14-10-20(27-21(33)13-36-18-8-6-17(35-2)7-9-18)32(30-14)24-28-22-19(23(34)29-24)12-26-31(22)16-5-3-4-15(25)11-16/h3-12H,13H2,1-2H3,(H,27,33)(H,28,29,34). The molecule has 1 amide bonds. The van der Waals surface area contributed by atoms with E-state index < -0.39 is 11.5 Å². The number of hydrogen-bond acceptors (Lipinski definition) is 7. The Kier molecular flexibility index (Phi) is 6.13. The number of carbonyl (C=O) groups is 1. The number of halogens is 1. The van der Waals surface area contributed by atoms with Crippen LogP contribution in [0.25, 0.3) is 22.7 Å². The first kappa shape index (κ1) is 23.1. The smallest absolute Gasteiger partial charge is 0.263 e. The Hall–Kier alpha value is -4.64. The molecule has 3 heterocycles. The SMILES string of the molecule is COc1ccc(OCC(=O)Nc2cc(C)nn2-c2nc3c(cnn3-c3cccc(Cl)c3)c(=O)[nH]2)cc1. The molecular formula is C24H20ClN7O4. The number of nitrogens with zero attached hydrogens (tertiary/aromatic N) is 5. The number of benzene rings is 2. The van der Waals surface area contributed by atoms with Gasteiger partial charge in [-0.15, -0.1) is 0 Å². The van der Waals surface area contributed by atoms with Gasteiger partial charge in [0.05, 0.1) is 24.7 Å². The van der Waals surface area contributed by atoms with Crippen molar-refractivity contribution in [2.45, 2.75) is 6.92 Å². The van der Waals surface area contributed by atoms with E-state index >= 15 is 0 Å². The highest BCUT2D eigenvalue weighted by atomic mass is 35.5. The molecule has 0 unspecified atom stereocenters. The highest BCUT2D eigenvalue weighted by Gasteiger charge is 2.17. The summed E-state index contributed by atoms with van der Waals surface area (Å²) in [5.74, 6) is 1.20. The van der Waals surface area contributed by atoms with Crippen LogP contribution in [-0.4, -0.2) is 49.2 Å². The van der Waals surface area contributed by atoms with Crippen molar-refractivity contribution in [3.63, 3.8) is 0 Å². The van der Waals surface area contributed by atoms with E-state index in [1.165, 1.54) is 15.6 Å². The van der Waals surface area contributed by atoms with Crippen molar-refractivity contribution in [2.75, 3.05) is 19.0 Å². The number of anilines is 1. The van der Waals surface area contributed by atoms with Crippen LogP contribution in [-0.2, 0) is 4.79 Å². The molecule has 0 aliphatic carbocycles. The van der Waals surface area contributed by atoms with Crippen molar-refractivity contribution >= 4 is 34.4 Å². The minimum absolute atomic E-state index is 0.107. The van der Waals surface area contributed by atoms with E-state index in [9.17, 15) is 9.59 Å². The molecule has 0 aliphatic rings. The lowest BCUT2D eigenvalue weighted by Gasteiger charge is -2.10. The Balaban J connectivity index is 1.42. The molecule has 0 saturated carbocycles. The van der Waals surface area contributed by atoms with E-state index in [-0.39, 0.29) is 12.6 Å². The molecule has 182 valence electrons. The topological polar surface area (TPSA) is 129 Å². The summed E-state index contributed by atoms with van der Waals surface area (Å²) in [5.41, 5.74) is 1.15. The van der Waals surface area contributed by atoms with E-state index in [1.807, 2.05) is 0 Å². The van der Waals surface area contributed by atoms with E-state index in [1.54, 1.807) is 68.6 Å². The lowest BCUT2D eigenvalue weighted by Crippen LogP contribution is -2.23. The van der Waals surface area contributed by atoms with Crippen LogP contribution in [0.5, 0.6) is 11.5 Å². The predicted octanol–water partition coefficient (Wildman–Crippen LogP) is 3.28. The Morgan fingerprint density at radius 1 is 1.11 bits per heavy atom. The Morgan fingerprint density at radius 3 is 2.64 bits per heavy atom. The molecule has 5 aromatic rings. The second-order valence-corrected chi connectivity index (χ2v) is 8.19. The van der Waals surface area contributed by atoms with Gasteiger partial charge in [-0.3, -0.25) is 14.6 Å². The number of H-pyrrole nitrogens is 1. The summed E-state index contributed by atoms with van der Waals surface area (Å²) in [7, 11) is 1.57. The lowest BCUT2D eigenvalue weighted by molar-refractivity contribution is -0.118. The van der Waals surface area contributed by atoms with Crippen LogP contribution in [0, 0.1) is 6.92 Å². The Labute approximate surface area is 209 Å². The molecule has 0 fully saturated rings. The molecule has 0 saturated heterocycles. The van der Waals surface area contributed by atoms with Gasteiger partial charge in [0.25, 0.3) is 11.5 Å². The second kappa shape index (κ2) is 9.55. The summed E-state index contributed by atoms with van der Waals surface area (Å²) in [4.78, 5) is 32.7. The maximum atomic E-state index is 12.8. The van der Waals surface area contributed by atoms with Crippen molar-refractivity contribution < 1.29 is 14.3 Å². The number of nitrogens with one attached hydrogen (secondary N) is 2. The molecule has 2 aromatic carbocycles. The zero-order chi connectivity index (χ0) is 25.2. The van der Waals surface area contributed by atoms with Gasteiger partial charge in [0.15, 0.2) is 12.3 Å². The summed E-state index contributed by atoms with van der Waals surface area (Å²) >= 11 is 6.12. The lowest BCUT2D eigenvalue weighted by atomic mass is 10.3. The van der Waals surface area contributed by atoms with Crippen molar-refractivity contribution in [3.8, 4) is 23.1 Å². The number of methoxy groups -OCH3 is 1. The molecular weight excluding hydrogens is 486 g/mol. The zero-order valence-corrected chi connectivity index (χ0v) is 20.0. The van der Waals surface area contributed by atoms with Crippen LogP contribution < -0.4 is 20.3 Å². The quantitative estimate of drug-likeness (QED) is 0.347. The number of hydrogen-bond donors (Lipinski definition) is 2. The van der Waals surface area contributed by atoms with Crippen LogP contribution in [0.4, 0.5) is 5.82 Å². The number of carbonyl (C=O) groups excluding carboxylic acids is 1. The largest absolute Gasteiger partial charge is 0.497 e. The van der Waals surface area contributed by atoms with Gasteiger partial charge in [-0.2, -0.15) is 19.9 Å². The number of rotatable bonds is 7. The number of aryl methyl sites for hydroxylation is 1. The molecule has 5 rings (SSSR count). The number of amides is 1. The fraction of sp³-hybridized carbons (Fsp3) is 0.125. The summed E-state index contributed by atoms with van der Waals surface area (Å²) in [6.07, 6.45) is 1.43. The molecule has 0 bridgehead atoms. The van der Waals surface area contributed by atoms with Crippen molar-refractivity contribution in [1.29, 1.82) is 0 Å². The number of ether oxygens (including phenoxy) is 2. The summed E-state index contributed by atoms with van der Waals surface area (Å²) in [6.45, 7) is 1.52. The van der Waals surface area contributed by atoms with Crippen LogP contribution in [0.3, 0.4) is 0 Å². The fourth-order valence-corrected chi connectivity index (χ4v) is 3.74. The maximum absolute atomic E-state index is 12.8. The highest BCUT2D eigenvalue weighted by molar-refractivity contribution is 6.30. The van der Waals surface area contributed by atoms with Gasteiger partial charge in [0.2, 0.25) is 5.95 Å². The zero-order valence-electron chi connectivity index (χ0n) is 19.2. The van der Waals surface area contributed by atoms with Gasteiger partial charge < -0.3 is 14.8 Å². The van der Waals surface area contributed by atoms with Crippen molar-refractivity contribution in [2.24, 2.45) is 0 Å². The van der Waals surface area contributed by atoms with Crippen LogP contribution in [0.1, 0.15) is 5.69 Å². The summed E-state index contributed by atoms with van der Waals surface area (Å²) in [5, 5.41) is 12.2. The van der Waals surface area contributed by atoms with E-state index in [0.29, 0.717) is 44.8 Å². The Bertz CT molecular complexity index is 1620. The average molecular weight is 506 g/mol. The third kappa shape index (κ3) is 4.64. The molecule has 0 atom stereocenters. The monoisotopic (exact) mass is 505 g/mol. The predicted molar refractivity (Wildman–Crippen MR) is 133 cm³/mol. The molecule has 36 heavy (non-hydrogen) atoms. The number of aromatic amines is 1. The van der Waals surface area contributed by atoms with Gasteiger partial charge >= 0.3 is 0 Å². The normalized spacial score (nSPS) is 11.0. The van der Waals surface area contributed by atoms with Gasteiger partial charge in [0, 0.05) is 11.1 Å². The van der Waals surface area contributed by atoms with Gasteiger partial charge in [-0.05, 0) is 49.4 Å². The van der Waals surface area contributed by atoms with E-state index in [4.69, 9.17) is 21.1 Å². The van der Waals surface area contributed by atoms with Crippen LogP contribution >= 0.6 is 11.6 Å². The van der Waals surface area contributed by atoms with Crippen molar-refractivity contribution in [1.82, 2.24) is 29.5 Å². The third-order valence-electron chi connectivity index (χ3n) is 5.21. The maximum Gasteiger partial charge on any atom is 0.263 e. The average Bonchev–Trinajstić information content (AvgIpc) is 3.46. The fourth-order valence-electron chi connectivity index (χ4n) is 3.55. The van der Waals surface area contributed by atoms with E-state index in [0.717, 1.165) is 0 Å². The molecule has 2 N–H and O–H groups in total. The van der Waals surface area contributed by atoms with Crippen LogP contribution in [0.15, 0.2) is 65.6 Å². The number of fused-ring (bicyclic) bond motifs is 1. The Morgan fingerprint density at radius 2 is 1.89 bits per heavy atom. The summed E-state index contributed by atoms with van der Waals surface area (Å²) in [6, 6.07) is 15.6. The molecule has 0 spiro atoms. The molecule has 3 aromatic heterocycles. The van der Waals surface area contributed by atoms with Gasteiger partial charge in [-0.1, -0.05) is 17.7 Å². The first-order valence-electron chi connectivity index (χ1n) is 10.8. The molecule has 0 aliphatic heterocycles. The minimum atomic E-state index is -0.417. The van der Waals surface area contributed by atoms with Crippen molar-refractivity contribution in [3.05, 3.63) is 81.9 Å². The van der Waals surface area contributed by atoms with Gasteiger partial charge in [0.1, 0.15) is 22.7 Å². The van der Waals surface area contributed by atoms with Gasteiger partial charge in [-0.25, -0.2) is 4.68 Å². The minimum Gasteiger partial charge on any atom is -0.497 e. The first-order chi connectivity index (χ1) is 17.4. The highest BCUT2D eigenvalue weighted by Crippen LogP contribution is 2.20. The second-order valence-electron chi connectivity index (χ2n) is 7.76. The molecule has 12 heteroatoms. The summed E-state index contributed by atoms with van der Waals surface area (Å²) < 4.78 is 13.5. The molecule has 11 nitrogen and oxygen atoms in total. The number of aromatic nitrogens is 6. The first-order valence-corrected chi connectivity index (χ1v) is 11.2. The van der Waals surface area contributed by atoms with E-state index in [2.05, 4.69) is 25.5 Å². The molecule has 0 radical (unpaired) electrons. The third-order valence-corrected chi connectivity index (χ3v) is 5.44.